The Hall–Kier alpha value is -3.39. The molecule has 1 atom stereocenters. The molecule has 0 spiro atoms. The van der Waals surface area contributed by atoms with Crippen LogP contribution in [0, 0.1) is 6.92 Å². The minimum absolute atomic E-state index is 0.0615. The lowest BCUT2D eigenvalue weighted by Gasteiger charge is -2.06. The summed E-state index contributed by atoms with van der Waals surface area (Å²) in [5.74, 6) is -0.615. The number of anilines is 2. The van der Waals surface area contributed by atoms with Crippen LogP contribution < -0.4 is 21.7 Å². The van der Waals surface area contributed by atoms with Gasteiger partial charge in [-0.15, -0.1) is 0 Å². The van der Waals surface area contributed by atoms with Crippen LogP contribution in [0.25, 0.3) is 0 Å². The molecule has 0 saturated heterocycles. The Morgan fingerprint density at radius 2 is 1.75 bits per heavy atom. The van der Waals surface area contributed by atoms with E-state index in [0.717, 1.165) is 11.3 Å². The zero-order valence-corrected chi connectivity index (χ0v) is 15.8. The molecule has 1 heterocycles. The first-order chi connectivity index (χ1) is 13.4. The predicted molar refractivity (Wildman–Crippen MR) is 110 cm³/mol. The Morgan fingerprint density at radius 3 is 2.43 bits per heavy atom. The molecule has 2 amide bonds. The number of nitrogens with zero attached hydrogens (tertiary/aromatic N) is 2. The van der Waals surface area contributed by atoms with Crippen LogP contribution in [-0.2, 0) is 9.59 Å². The lowest BCUT2D eigenvalue weighted by Crippen LogP contribution is -2.32. The van der Waals surface area contributed by atoms with Crippen molar-refractivity contribution in [2.45, 2.75) is 19.4 Å². The van der Waals surface area contributed by atoms with Crippen LogP contribution in [0.15, 0.2) is 58.5 Å². The lowest BCUT2D eigenvalue weighted by atomic mass is 10.2. The van der Waals surface area contributed by atoms with Crippen molar-refractivity contribution in [3.63, 3.8) is 0 Å². The molecule has 0 unspecified atom stereocenters. The third-order valence-corrected chi connectivity index (χ3v) is 4.12. The summed E-state index contributed by atoms with van der Waals surface area (Å²) >= 11 is 5.81. The number of nitrogens with one attached hydrogen (secondary N) is 3. The summed E-state index contributed by atoms with van der Waals surface area (Å²) in [5.41, 5.74) is 8.31. The average Bonchev–Trinajstić information content (AvgIpc) is 2.97. The molecule has 9 heteroatoms. The van der Waals surface area contributed by atoms with Gasteiger partial charge < -0.3 is 16.4 Å². The summed E-state index contributed by atoms with van der Waals surface area (Å²) in [4.78, 5) is 32.3. The second-order valence-electron chi connectivity index (χ2n) is 6.21. The van der Waals surface area contributed by atoms with Gasteiger partial charge in [0.05, 0.1) is 6.42 Å². The minimum atomic E-state index is -0.863. The Kier molecular flexibility index (Phi) is 5.90. The topological polar surface area (TPSA) is 121 Å². The van der Waals surface area contributed by atoms with Crippen molar-refractivity contribution in [2.75, 3.05) is 10.6 Å². The van der Waals surface area contributed by atoms with Gasteiger partial charge in [-0.05, 0) is 43.3 Å². The van der Waals surface area contributed by atoms with E-state index in [9.17, 15) is 9.59 Å². The number of amides is 2. The molecule has 0 aromatic heterocycles. The highest BCUT2D eigenvalue weighted by molar-refractivity contribution is 6.30. The van der Waals surface area contributed by atoms with Crippen LogP contribution in [0.5, 0.6) is 0 Å². The number of aliphatic imine (C=N–C) groups is 2. The Bertz CT molecular complexity index is 938. The first-order valence-electron chi connectivity index (χ1n) is 8.51. The summed E-state index contributed by atoms with van der Waals surface area (Å²) in [6, 6.07) is 13.4. The van der Waals surface area contributed by atoms with Gasteiger partial charge in [-0.1, -0.05) is 29.3 Å². The maximum atomic E-state index is 12.1. The normalized spacial score (nSPS) is 16.4. The summed E-state index contributed by atoms with van der Waals surface area (Å²) < 4.78 is 0. The Labute approximate surface area is 166 Å². The lowest BCUT2D eigenvalue weighted by molar-refractivity contribution is -0.123. The van der Waals surface area contributed by atoms with Gasteiger partial charge in [-0.3, -0.25) is 14.9 Å². The van der Waals surface area contributed by atoms with Gasteiger partial charge in [0, 0.05) is 16.4 Å². The van der Waals surface area contributed by atoms with Crippen molar-refractivity contribution >= 4 is 46.7 Å². The SMILES string of the molecule is Cc1ccc(NC(N)=NC2=N[C@@H](CC(=O)Nc3ccc(Cl)cc3)C(=O)N2)cc1. The smallest absolute Gasteiger partial charge is 0.252 e. The van der Waals surface area contributed by atoms with E-state index in [1.165, 1.54) is 0 Å². The average molecular weight is 399 g/mol. The third kappa shape index (κ3) is 5.31. The van der Waals surface area contributed by atoms with Gasteiger partial charge in [0.15, 0.2) is 0 Å². The maximum Gasteiger partial charge on any atom is 0.252 e. The summed E-state index contributed by atoms with van der Waals surface area (Å²) in [6.07, 6.45) is -0.112. The van der Waals surface area contributed by atoms with Crippen molar-refractivity contribution in [3.05, 3.63) is 59.1 Å². The largest absolute Gasteiger partial charge is 0.369 e. The van der Waals surface area contributed by atoms with Crippen molar-refractivity contribution < 1.29 is 9.59 Å². The molecule has 0 saturated carbocycles. The highest BCUT2D eigenvalue weighted by atomic mass is 35.5. The monoisotopic (exact) mass is 398 g/mol. The maximum absolute atomic E-state index is 12.1. The number of halogens is 1. The molecule has 0 fully saturated rings. The van der Waals surface area contributed by atoms with Crippen molar-refractivity contribution in [3.8, 4) is 0 Å². The molecule has 5 N–H and O–H groups in total. The number of nitrogens with two attached hydrogens (primary N) is 1. The molecule has 0 bridgehead atoms. The minimum Gasteiger partial charge on any atom is -0.369 e. The Morgan fingerprint density at radius 1 is 1.14 bits per heavy atom. The van der Waals surface area contributed by atoms with Gasteiger partial charge in [0.1, 0.15) is 6.04 Å². The van der Waals surface area contributed by atoms with Gasteiger partial charge in [0.2, 0.25) is 17.8 Å². The highest BCUT2D eigenvalue weighted by Gasteiger charge is 2.28. The number of hydrogen-bond donors (Lipinski definition) is 4. The van der Waals surface area contributed by atoms with Crippen LogP contribution in [-0.4, -0.2) is 29.8 Å². The van der Waals surface area contributed by atoms with Crippen LogP contribution in [0.4, 0.5) is 11.4 Å². The second-order valence-corrected chi connectivity index (χ2v) is 6.64. The molecule has 28 heavy (non-hydrogen) atoms. The molecule has 8 nitrogen and oxygen atoms in total. The standard InChI is InChI=1S/C19H19ClN6O2/c1-11-2-6-14(7-3-11)23-18(21)26-19-24-15(17(28)25-19)10-16(27)22-13-8-4-12(20)5-9-13/h2-9,15H,10H2,1H3,(H,22,27)(H4,21,23,24,25,26,28)/t15-/m0/s1. The summed E-state index contributed by atoms with van der Waals surface area (Å²) in [6.45, 7) is 1.98. The fourth-order valence-electron chi connectivity index (χ4n) is 2.47. The number of carbonyl (C=O) groups excluding carboxylic acids is 2. The van der Waals surface area contributed by atoms with Crippen molar-refractivity contribution in [1.82, 2.24) is 5.32 Å². The zero-order valence-electron chi connectivity index (χ0n) is 15.1. The van der Waals surface area contributed by atoms with Crippen molar-refractivity contribution in [2.24, 2.45) is 15.7 Å². The highest BCUT2D eigenvalue weighted by Crippen LogP contribution is 2.15. The summed E-state index contributed by atoms with van der Waals surface area (Å²) in [5, 5.41) is 8.68. The number of carbonyl (C=O) groups is 2. The number of benzene rings is 2. The molecular weight excluding hydrogens is 380 g/mol. The molecule has 144 valence electrons. The van der Waals surface area contributed by atoms with Crippen molar-refractivity contribution in [1.29, 1.82) is 0 Å². The fraction of sp³-hybridized carbons (Fsp3) is 0.158. The molecule has 3 rings (SSSR count). The quantitative estimate of drug-likeness (QED) is 0.466. The van der Waals surface area contributed by atoms with E-state index in [1.807, 2.05) is 31.2 Å². The molecular formula is C19H19ClN6O2. The van der Waals surface area contributed by atoms with E-state index in [4.69, 9.17) is 17.3 Å². The van der Waals surface area contributed by atoms with E-state index in [-0.39, 0.29) is 24.2 Å². The van der Waals surface area contributed by atoms with E-state index < -0.39 is 11.9 Å². The van der Waals surface area contributed by atoms with Gasteiger partial charge in [-0.25, -0.2) is 4.99 Å². The Balaban J connectivity index is 1.59. The molecule has 1 aliphatic heterocycles. The van der Waals surface area contributed by atoms with Crippen LogP contribution in [0.2, 0.25) is 5.02 Å². The van der Waals surface area contributed by atoms with E-state index in [2.05, 4.69) is 25.9 Å². The molecule has 0 radical (unpaired) electrons. The number of rotatable bonds is 4. The second kappa shape index (κ2) is 8.53. The van der Waals surface area contributed by atoms with E-state index >= 15 is 0 Å². The van der Waals surface area contributed by atoms with Crippen LogP contribution in [0.1, 0.15) is 12.0 Å². The number of guanidine groups is 2. The molecule has 2 aromatic carbocycles. The molecule has 1 aliphatic rings. The van der Waals surface area contributed by atoms with E-state index in [1.54, 1.807) is 24.3 Å². The number of hydrogen-bond acceptors (Lipinski definition) is 4. The summed E-state index contributed by atoms with van der Waals surface area (Å²) in [7, 11) is 0. The van der Waals surface area contributed by atoms with E-state index in [0.29, 0.717) is 10.7 Å². The number of aryl methyl sites for hydroxylation is 1. The van der Waals surface area contributed by atoms with Gasteiger partial charge >= 0.3 is 0 Å². The first kappa shape index (κ1) is 19.4. The van der Waals surface area contributed by atoms with Gasteiger partial charge in [0.25, 0.3) is 5.91 Å². The predicted octanol–water partition coefficient (Wildman–Crippen LogP) is 2.26. The van der Waals surface area contributed by atoms with Gasteiger partial charge in [-0.2, -0.15) is 4.99 Å². The van der Waals surface area contributed by atoms with Crippen LogP contribution >= 0.6 is 11.6 Å². The van der Waals surface area contributed by atoms with Crippen LogP contribution in [0.3, 0.4) is 0 Å². The third-order valence-electron chi connectivity index (χ3n) is 3.87. The molecule has 0 aliphatic carbocycles. The molecule has 2 aromatic rings. The zero-order chi connectivity index (χ0) is 20.1. The first-order valence-corrected chi connectivity index (χ1v) is 8.89. The fourth-order valence-corrected chi connectivity index (χ4v) is 2.60.